The Hall–Kier alpha value is -3.10. The van der Waals surface area contributed by atoms with E-state index in [1.807, 2.05) is 66.4 Å². The van der Waals surface area contributed by atoms with Gasteiger partial charge >= 0.3 is 0 Å². The van der Waals surface area contributed by atoms with Crippen LogP contribution in [0.5, 0.6) is 5.75 Å². The quantitative estimate of drug-likeness (QED) is 0.354. The van der Waals surface area contributed by atoms with Crippen LogP contribution in [0.25, 0.3) is 0 Å². The van der Waals surface area contributed by atoms with Gasteiger partial charge in [0.25, 0.3) is 0 Å². The summed E-state index contributed by atoms with van der Waals surface area (Å²) in [6.07, 6.45) is -1.13. The molecular weight excluding hydrogens is 559 g/mol. The van der Waals surface area contributed by atoms with Crippen LogP contribution in [0.1, 0.15) is 62.0 Å². The van der Waals surface area contributed by atoms with E-state index in [-0.39, 0.29) is 23.9 Å². The highest BCUT2D eigenvalue weighted by molar-refractivity contribution is 6.30. The van der Waals surface area contributed by atoms with Gasteiger partial charge in [-0.15, -0.1) is 0 Å². The first-order valence-corrected chi connectivity index (χ1v) is 14.7. The topological polar surface area (TPSA) is 77.4 Å². The number of hydrogen-bond acceptors (Lipinski definition) is 6. The molecule has 5 rings (SSSR count). The molecule has 0 radical (unpaired) electrons. The van der Waals surface area contributed by atoms with Gasteiger partial charge < -0.3 is 20.1 Å². The Morgan fingerprint density at radius 1 is 1.02 bits per heavy atom. The molecule has 0 aromatic heterocycles. The molecule has 2 N–H and O–H groups in total. The SMILES string of the molecule is CCOc1cc(C(C)(C)C)ccc1C1=N[C@@H](c2ccc(Cl)cc2)[C@@H](c2ccc(Cl)cc2)N1C(O)N1CCNC(=O)C1. The number of amidine groups is 1. The van der Waals surface area contributed by atoms with Crippen LogP contribution >= 0.6 is 23.2 Å². The molecule has 1 saturated heterocycles. The maximum absolute atomic E-state index is 12.4. The summed E-state index contributed by atoms with van der Waals surface area (Å²) in [6, 6.07) is 20.6. The van der Waals surface area contributed by atoms with Crippen LogP contribution in [0.4, 0.5) is 0 Å². The number of halogens is 2. The van der Waals surface area contributed by atoms with Gasteiger partial charge in [-0.3, -0.25) is 9.79 Å². The summed E-state index contributed by atoms with van der Waals surface area (Å²) in [4.78, 5) is 21.3. The number of rotatable bonds is 7. The van der Waals surface area contributed by atoms with E-state index in [2.05, 4.69) is 38.2 Å². The van der Waals surface area contributed by atoms with Gasteiger partial charge in [0.2, 0.25) is 5.91 Å². The second-order valence-corrected chi connectivity index (χ2v) is 12.3. The van der Waals surface area contributed by atoms with Crippen LogP contribution < -0.4 is 10.1 Å². The number of carbonyl (C=O) groups excluding carboxylic acids is 1. The summed E-state index contributed by atoms with van der Waals surface area (Å²) >= 11 is 12.5. The van der Waals surface area contributed by atoms with Crippen molar-refractivity contribution in [1.29, 1.82) is 0 Å². The van der Waals surface area contributed by atoms with Gasteiger partial charge in [0.1, 0.15) is 17.6 Å². The number of piperazine rings is 1. The maximum atomic E-state index is 12.4. The highest BCUT2D eigenvalue weighted by Gasteiger charge is 2.45. The number of benzene rings is 3. The minimum absolute atomic E-state index is 0.0746. The number of hydrogen-bond donors (Lipinski definition) is 2. The van der Waals surface area contributed by atoms with E-state index in [1.54, 1.807) is 4.90 Å². The van der Waals surface area contributed by atoms with Crippen molar-refractivity contribution in [2.75, 3.05) is 26.2 Å². The normalized spacial score (nSPS) is 20.5. The molecule has 2 aliphatic rings. The van der Waals surface area contributed by atoms with Crippen LogP contribution in [0, 0.1) is 0 Å². The number of aliphatic hydroxyl groups excluding tert-OH is 1. The van der Waals surface area contributed by atoms with Gasteiger partial charge in [0, 0.05) is 23.1 Å². The molecule has 2 aliphatic heterocycles. The summed E-state index contributed by atoms with van der Waals surface area (Å²) in [5, 5.41) is 16.1. The first-order chi connectivity index (χ1) is 19.6. The summed E-state index contributed by atoms with van der Waals surface area (Å²) in [5.74, 6) is 1.15. The molecule has 1 fully saturated rings. The third-order valence-corrected chi connectivity index (χ3v) is 8.06. The number of nitrogens with zero attached hydrogens (tertiary/aromatic N) is 3. The molecule has 3 atom stereocenters. The minimum atomic E-state index is -1.13. The van der Waals surface area contributed by atoms with Crippen molar-refractivity contribution < 1.29 is 14.6 Å². The van der Waals surface area contributed by atoms with E-state index in [0.717, 1.165) is 22.3 Å². The molecule has 3 aromatic carbocycles. The highest BCUT2D eigenvalue weighted by atomic mass is 35.5. The van der Waals surface area contributed by atoms with Crippen LogP contribution in [0.15, 0.2) is 71.7 Å². The lowest BCUT2D eigenvalue weighted by molar-refractivity contribution is -0.138. The molecule has 7 nitrogen and oxygen atoms in total. The largest absolute Gasteiger partial charge is 0.493 e. The fourth-order valence-electron chi connectivity index (χ4n) is 5.41. The lowest BCUT2D eigenvalue weighted by Crippen LogP contribution is -2.58. The molecule has 0 aliphatic carbocycles. The first-order valence-electron chi connectivity index (χ1n) is 13.9. The second kappa shape index (κ2) is 12.0. The summed E-state index contributed by atoms with van der Waals surface area (Å²) in [7, 11) is 0. The average molecular weight is 596 g/mol. The lowest BCUT2D eigenvalue weighted by atomic mass is 9.86. The van der Waals surface area contributed by atoms with E-state index in [1.165, 1.54) is 0 Å². The lowest BCUT2D eigenvalue weighted by Gasteiger charge is -2.41. The van der Waals surface area contributed by atoms with Crippen LogP contribution in [-0.4, -0.2) is 59.2 Å². The number of aliphatic hydroxyl groups is 1. The summed E-state index contributed by atoms with van der Waals surface area (Å²) in [6.45, 7) is 9.94. The standard InChI is InChI=1S/C32H36Cl2N4O3/c1-5-41-26-18-22(32(2,3)4)10-15-25(26)30-36-28(20-6-11-23(33)12-7-20)29(21-8-13-24(34)14-9-21)38(30)31(40)37-17-16-35-27(39)19-37/h6-15,18,28-29,31,40H,5,16-17,19H2,1-4H3,(H,35,39)/t28-,29+,31?/m0/s1. The highest BCUT2D eigenvalue weighted by Crippen LogP contribution is 2.46. The van der Waals surface area contributed by atoms with Gasteiger partial charge in [0.05, 0.1) is 24.8 Å². The molecule has 9 heteroatoms. The first kappa shape index (κ1) is 29.4. The van der Waals surface area contributed by atoms with E-state index < -0.39 is 12.4 Å². The third kappa shape index (κ3) is 6.24. The van der Waals surface area contributed by atoms with E-state index in [4.69, 9.17) is 32.9 Å². The molecule has 3 aromatic rings. The zero-order chi connectivity index (χ0) is 29.3. The molecule has 0 bridgehead atoms. The van der Waals surface area contributed by atoms with Crippen molar-refractivity contribution in [3.63, 3.8) is 0 Å². The fraction of sp³-hybridized carbons (Fsp3) is 0.375. The number of aliphatic imine (C=N–C) groups is 1. The van der Waals surface area contributed by atoms with Crippen molar-refractivity contribution in [2.45, 2.75) is 51.5 Å². The molecule has 1 amide bonds. The molecule has 41 heavy (non-hydrogen) atoms. The molecule has 0 spiro atoms. The van der Waals surface area contributed by atoms with Crippen LogP contribution in [-0.2, 0) is 10.2 Å². The molecule has 216 valence electrons. The smallest absolute Gasteiger partial charge is 0.234 e. The average Bonchev–Trinajstić information content (AvgIpc) is 3.33. The predicted molar refractivity (Wildman–Crippen MR) is 164 cm³/mol. The summed E-state index contributed by atoms with van der Waals surface area (Å²) < 4.78 is 6.19. The van der Waals surface area contributed by atoms with E-state index in [0.29, 0.717) is 41.3 Å². The van der Waals surface area contributed by atoms with Crippen molar-refractivity contribution in [3.05, 3.63) is 99.0 Å². The second-order valence-electron chi connectivity index (χ2n) is 11.4. The van der Waals surface area contributed by atoms with Crippen LogP contribution in [0.2, 0.25) is 10.0 Å². The van der Waals surface area contributed by atoms with Crippen molar-refractivity contribution in [2.24, 2.45) is 4.99 Å². The predicted octanol–water partition coefficient (Wildman–Crippen LogP) is 5.94. The molecular formula is C32H36Cl2N4O3. The Morgan fingerprint density at radius 3 is 2.24 bits per heavy atom. The zero-order valence-electron chi connectivity index (χ0n) is 23.8. The molecule has 0 saturated carbocycles. The number of carbonyl (C=O) groups is 1. The molecule has 2 heterocycles. The number of nitrogens with one attached hydrogen (secondary N) is 1. The van der Waals surface area contributed by atoms with Crippen molar-refractivity contribution in [1.82, 2.24) is 15.1 Å². The van der Waals surface area contributed by atoms with Gasteiger partial charge in [-0.05, 0) is 65.4 Å². The summed E-state index contributed by atoms with van der Waals surface area (Å²) in [5.41, 5.74) is 3.70. The van der Waals surface area contributed by atoms with Crippen LogP contribution in [0.3, 0.4) is 0 Å². The van der Waals surface area contributed by atoms with Crippen molar-refractivity contribution in [3.8, 4) is 5.75 Å². The third-order valence-electron chi connectivity index (χ3n) is 7.56. The Morgan fingerprint density at radius 2 is 1.66 bits per heavy atom. The van der Waals surface area contributed by atoms with Gasteiger partial charge in [0.15, 0.2) is 6.35 Å². The fourth-order valence-corrected chi connectivity index (χ4v) is 5.67. The maximum Gasteiger partial charge on any atom is 0.234 e. The Labute approximate surface area is 251 Å². The molecule has 1 unspecified atom stereocenters. The Kier molecular flexibility index (Phi) is 8.62. The Bertz CT molecular complexity index is 1420. The monoisotopic (exact) mass is 594 g/mol. The number of amides is 1. The Balaban J connectivity index is 1.71. The van der Waals surface area contributed by atoms with Gasteiger partial charge in [-0.1, -0.05) is 74.3 Å². The van der Waals surface area contributed by atoms with E-state index in [9.17, 15) is 9.90 Å². The van der Waals surface area contributed by atoms with Crippen molar-refractivity contribution >= 4 is 34.9 Å². The number of ether oxygens (including phenoxy) is 1. The zero-order valence-corrected chi connectivity index (χ0v) is 25.3. The van der Waals surface area contributed by atoms with Gasteiger partial charge in [-0.25, -0.2) is 4.90 Å². The minimum Gasteiger partial charge on any atom is -0.493 e. The van der Waals surface area contributed by atoms with Gasteiger partial charge in [-0.2, -0.15) is 0 Å². The van der Waals surface area contributed by atoms with E-state index >= 15 is 0 Å².